The van der Waals surface area contributed by atoms with Gasteiger partial charge in [0.25, 0.3) is 0 Å². The molecule has 0 aliphatic heterocycles. The molecule has 0 radical (unpaired) electrons. The van der Waals surface area contributed by atoms with Gasteiger partial charge in [-0.1, -0.05) is 24.3 Å². The molecule has 0 saturated heterocycles. The van der Waals surface area contributed by atoms with Crippen molar-refractivity contribution >= 4 is 29.8 Å². The second-order valence-corrected chi connectivity index (χ2v) is 6.51. The molecule has 4 N–H and O–H groups in total. The summed E-state index contributed by atoms with van der Waals surface area (Å²) in [5.74, 6) is -1.04. The van der Waals surface area contributed by atoms with Gasteiger partial charge in [-0.2, -0.15) is 0 Å². The summed E-state index contributed by atoms with van der Waals surface area (Å²) >= 11 is 0. The molecule has 30 heavy (non-hydrogen) atoms. The Morgan fingerprint density at radius 1 is 0.800 bits per heavy atom. The molecule has 0 atom stereocenters. The van der Waals surface area contributed by atoms with Gasteiger partial charge in [-0.05, 0) is 48.4 Å². The van der Waals surface area contributed by atoms with Crippen LogP contribution in [-0.2, 0) is 11.2 Å². The van der Waals surface area contributed by atoms with E-state index >= 15 is 0 Å². The van der Waals surface area contributed by atoms with Gasteiger partial charge in [0.05, 0.1) is 0 Å². The molecule has 7 heteroatoms. The number of rotatable bonds is 7. The summed E-state index contributed by atoms with van der Waals surface area (Å²) in [4.78, 5) is 19.4. The maximum atomic E-state index is 10.9. The van der Waals surface area contributed by atoms with Crippen LogP contribution >= 0.6 is 0 Å². The van der Waals surface area contributed by atoms with Crippen LogP contribution in [-0.4, -0.2) is 38.8 Å². The van der Waals surface area contributed by atoms with Crippen molar-refractivity contribution in [1.29, 1.82) is 0 Å². The third kappa shape index (κ3) is 5.23. The van der Waals surface area contributed by atoms with Crippen molar-refractivity contribution < 1.29 is 25.2 Å². The number of phenolic OH excluding ortho intramolecular Hbond substituents is 3. The van der Waals surface area contributed by atoms with E-state index in [4.69, 9.17) is 5.11 Å². The Morgan fingerprint density at radius 2 is 1.27 bits per heavy atom. The monoisotopic (exact) mass is 404 g/mol. The minimum atomic E-state index is -0.933. The van der Waals surface area contributed by atoms with Gasteiger partial charge in [0.2, 0.25) is 0 Å². The highest BCUT2D eigenvalue weighted by Gasteiger charge is 2.10. The molecule has 3 aromatic rings. The van der Waals surface area contributed by atoms with Crippen LogP contribution in [0, 0.1) is 0 Å². The van der Waals surface area contributed by atoms with Crippen molar-refractivity contribution in [2.24, 2.45) is 9.98 Å². The number of carboxylic acid groups (broad SMARTS) is 1. The van der Waals surface area contributed by atoms with Crippen LogP contribution in [0.15, 0.2) is 70.6 Å². The average Bonchev–Trinajstić information content (AvgIpc) is 2.73. The van der Waals surface area contributed by atoms with Crippen molar-refractivity contribution in [2.75, 3.05) is 0 Å². The highest BCUT2D eigenvalue weighted by Crippen LogP contribution is 2.29. The maximum absolute atomic E-state index is 10.9. The number of hydrogen-bond acceptors (Lipinski definition) is 6. The lowest BCUT2D eigenvalue weighted by atomic mass is 10.0. The van der Waals surface area contributed by atoms with Gasteiger partial charge in [0.15, 0.2) is 0 Å². The zero-order chi connectivity index (χ0) is 21.5. The van der Waals surface area contributed by atoms with E-state index in [9.17, 15) is 20.1 Å². The van der Waals surface area contributed by atoms with Crippen LogP contribution in [0.3, 0.4) is 0 Å². The number of para-hydroxylation sites is 4. The van der Waals surface area contributed by atoms with Crippen molar-refractivity contribution in [3.8, 4) is 17.2 Å². The van der Waals surface area contributed by atoms with Gasteiger partial charge in [0.1, 0.15) is 28.6 Å². The lowest BCUT2D eigenvalue weighted by Gasteiger charge is -2.08. The molecule has 0 bridgehead atoms. The summed E-state index contributed by atoms with van der Waals surface area (Å²) in [5.41, 5.74) is 2.03. The fourth-order valence-electron chi connectivity index (χ4n) is 2.76. The van der Waals surface area contributed by atoms with E-state index in [1.54, 1.807) is 48.5 Å². The molecule has 3 rings (SSSR count). The van der Waals surface area contributed by atoms with Gasteiger partial charge < -0.3 is 20.4 Å². The number of aliphatic imine (C=N–C) groups is 2. The Balaban J connectivity index is 1.99. The molecule has 0 aliphatic rings. The van der Waals surface area contributed by atoms with Crippen molar-refractivity contribution in [1.82, 2.24) is 0 Å². The van der Waals surface area contributed by atoms with Crippen LogP contribution in [0.5, 0.6) is 17.2 Å². The predicted molar refractivity (Wildman–Crippen MR) is 115 cm³/mol. The number of hydrogen-bond donors (Lipinski definition) is 4. The van der Waals surface area contributed by atoms with E-state index in [-0.39, 0.29) is 30.1 Å². The van der Waals surface area contributed by atoms with Crippen molar-refractivity contribution in [3.05, 3.63) is 77.4 Å². The molecule has 0 amide bonds. The zero-order valence-corrected chi connectivity index (χ0v) is 15.9. The van der Waals surface area contributed by atoms with Crippen LogP contribution in [0.1, 0.15) is 23.1 Å². The minimum absolute atomic E-state index is 0.00314. The molecule has 0 fully saturated rings. The van der Waals surface area contributed by atoms with E-state index < -0.39 is 5.97 Å². The fraction of sp³-hybridized carbons (Fsp3) is 0.0870. The van der Waals surface area contributed by atoms with E-state index in [1.165, 1.54) is 24.6 Å². The van der Waals surface area contributed by atoms with E-state index in [2.05, 4.69) is 9.98 Å². The van der Waals surface area contributed by atoms with Gasteiger partial charge in [-0.3, -0.25) is 14.8 Å². The van der Waals surface area contributed by atoms with Crippen LogP contribution in [0.4, 0.5) is 11.4 Å². The number of carbonyl (C=O) groups is 1. The summed E-state index contributed by atoms with van der Waals surface area (Å²) < 4.78 is 0. The molecule has 0 spiro atoms. The fourth-order valence-corrected chi connectivity index (χ4v) is 2.76. The first-order chi connectivity index (χ1) is 14.4. The molecular formula is C23H20N2O5. The summed E-state index contributed by atoms with van der Waals surface area (Å²) in [5, 5.41) is 39.4. The normalized spacial score (nSPS) is 11.3. The molecular weight excluding hydrogens is 384 g/mol. The average molecular weight is 404 g/mol. The minimum Gasteiger partial charge on any atom is -0.507 e. The lowest BCUT2D eigenvalue weighted by molar-refractivity contribution is -0.136. The topological polar surface area (TPSA) is 123 Å². The van der Waals surface area contributed by atoms with E-state index in [0.29, 0.717) is 28.1 Å². The second-order valence-electron chi connectivity index (χ2n) is 6.51. The number of carboxylic acids is 1. The standard InChI is InChI=1S/C23H20N2O5/c26-20-7-3-1-5-18(20)24-13-16-11-15(9-10-22(28)29)12-17(23(16)30)14-25-19-6-2-4-8-21(19)27/h1-8,11-14,26-27,30H,9-10H2,(H,28,29)/b24-13+,25-14+. The quantitative estimate of drug-likeness (QED) is 0.437. The first kappa shape index (κ1) is 20.6. The number of phenols is 3. The highest BCUT2D eigenvalue weighted by molar-refractivity contribution is 5.94. The Labute approximate surface area is 172 Å². The number of aliphatic carboxylic acids is 1. The van der Waals surface area contributed by atoms with Crippen LogP contribution < -0.4 is 0 Å². The molecule has 0 aliphatic carbocycles. The Morgan fingerprint density at radius 3 is 1.70 bits per heavy atom. The van der Waals surface area contributed by atoms with Gasteiger partial charge >= 0.3 is 5.97 Å². The smallest absolute Gasteiger partial charge is 0.303 e. The van der Waals surface area contributed by atoms with Crippen LogP contribution in [0.2, 0.25) is 0 Å². The molecule has 0 heterocycles. The van der Waals surface area contributed by atoms with E-state index in [1.807, 2.05) is 0 Å². The second kappa shape index (κ2) is 9.38. The van der Waals surface area contributed by atoms with Crippen molar-refractivity contribution in [2.45, 2.75) is 12.8 Å². The molecule has 7 nitrogen and oxygen atoms in total. The predicted octanol–water partition coefficient (Wildman–Crippen LogP) is 4.32. The third-order valence-electron chi connectivity index (χ3n) is 4.31. The SMILES string of the molecule is O=C(O)CCc1cc(/C=N/c2ccccc2O)c(O)c(/C=N/c2ccccc2O)c1. The Hall–Kier alpha value is -4.13. The van der Waals surface area contributed by atoms with Crippen LogP contribution in [0.25, 0.3) is 0 Å². The molecule has 0 saturated carbocycles. The summed E-state index contributed by atoms with van der Waals surface area (Å²) in [7, 11) is 0. The number of aryl methyl sites for hydroxylation is 1. The van der Waals surface area contributed by atoms with Gasteiger partial charge in [0, 0.05) is 30.0 Å². The summed E-state index contributed by atoms with van der Waals surface area (Å²) in [6, 6.07) is 16.3. The maximum Gasteiger partial charge on any atom is 0.303 e. The lowest BCUT2D eigenvalue weighted by Crippen LogP contribution is -2.00. The van der Waals surface area contributed by atoms with Gasteiger partial charge in [-0.15, -0.1) is 0 Å². The zero-order valence-electron chi connectivity index (χ0n) is 15.9. The number of nitrogens with zero attached hydrogens (tertiary/aromatic N) is 2. The first-order valence-electron chi connectivity index (χ1n) is 9.16. The third-order valence-corrected chi connectivity index (χ3v) is 4.31. The Bertz CT molecular complexity index is 1050. The number of benzene rings is 3. The molecule has 152 valence electrons. The highest BCUT2D eigenvalue weighted by atomic mass is 16.4. The summed E-state index contributed by atoms with van der Waals surface area (Å²) in [6.07, 6.45) is 2.97. The molecule has 0 unspecified atom stereocenters. The Kier molecular flexibility index (Phi) is 6.44. The first-order valence-corrected chi connectivity index (χ1v) is 9.16. The number of aromatic hydroxyl groups is 3. The molecule has 0 aromatic heterocycles. The van der Waals surface area contributed by atoms with E-state index in [0.717, 1.165) is 0 Å². The van der Waals surface area contributed by atoms with Gasteiger partial charge in [-0.25, -0.2) is 0 Å². The largest absolute Gasteiger partial charge is 0.507 e. The summed E-state index contributed by atoms with van der Waals surface area (Å²) in [6.45, 7) is 0. The molecule has 3 aromatic carbocycles. The van der Waals surface area contributed by atoms with Crippen molar-refractivity contribution in [3.63, 3.8) is 0 Å².